The fourth-order valence-corrected chi connectivity index (χ4v) is 2.47. The van der Waals surface area contributed by atoms with Crippen LogP contribution in [0.2, 0.25) is 0 Å². The molecule has 1 aliphatic rings. The highest BCUT2D eigenvalue weighted by molar-refractivity contribution is 9.10. The number of hydrogen-bond donors (Lipinski definition) is 3. The van der Waals surface area contributed by atoms with E-state index in [0.29, 0.717) is 11.4 Å². The van der Waals surface area contributed by atoms with E-state index in [1.165, 1.54) is 11.1 Å². The second kappa shape index (κ2) is 5.93. The molecule has 3 rings (SSSR count). The number of aromatic hydroxyl groups is 1. The van der Waals surface area contributed by atoms with Gasteiger partial charge >= 0.3 is 5.69 Å². The van der Waals surface area contributed by atoms with Crippen molar-refractivity contribution in [3.8, 4) is 5.88 Å². The van der Waals surface area contributed by atoms with Crippen molar-refractivity contribution in [3.05, 3.63) is 60.7 Å². The van der Waals surface area contributed by atoms with E-state index < -0.39 is 23.0 Å². The molecule has 0 radical (unpaired) electrons. The Labute approximate surface area is 143 Å². The van der Waals surface area contributed by atoms with Crippen LogP contribution in [0.15, 0.2) is 49.0 Å². The highest BCUT2D eigenvalue weighted by atomic mass is 79.9. The Bertz CT molecular complexity index is 1000. The number of carbonyl (C=O) groups is 1. The molecule has 0 atom stereocenters. The molecular formula is C15H11BrN4O4. The summed E-state index contributed by atoms with van der Waals surface area (Å²) in [6.07, 6.45) is 1.20. The van der Waals surface area contributed by atoms with Crippen LogP contribution in [0.4, 0.5) is 5.69 Å². The molecular weight excluding hydrogens is 380 g/mol. The van der Waals surface area contributed by atoms with Crippen molar-refractivity contribution in [3.63, 3.8) is 0 Å². The van der Waals surface area contributed by atoms with Crippen molar-refractivity contribution in [1.82, 2.24) is 9.97 Å². The van der Waals surface area contributed by atoms with E-state index in [-0.39, 0.29) is 11.1 Å². The molecule has 24 heavy (non-hydrogen) atoms. The first-order valence-corrected chi connectivity index (χ1v) is 7.59. The van der Waals surface area contributed by atoms with Gasteiger partial charge in [0.05, 0.1) is 17.0 Å². The van der Waals surface area contributed by atoms with Gasteiger partial charge in [-0.1, -0.05) is 15.9 Å². The summed E-state index contributed by atoms with van der Waals surface area (Å²) in [7, 11) is 0. The number of amides is 1. The van der Waals surface area contributed by atoms with Crippen molar-refractivity contribution >= 4 is 39.3 Å². The second-order valence-corrected chi connectivity index (χ2v) is 5.92. The van der Waals surface area contributed by atoms with Crippen LogP contribution in [0.3, 0.4) is 0 Å². The molecule has 0 saturated heterocycles. The Kier molecular flexibility index (Phi) is 3.94. The van der Waals surface area contributed by atoms with Gasteiger partial charge < -0.3 is 5.11 Å². The number of hydrogen-bond acceptors (Lipinski definition) is 5. The van der Waals surface area contributed by atoms with E-state index >= 15 is 0 Å². The largest absolute Gasteiger partial charge is 0.494 e. The van der Waals surface area contributed by atoms with E-state index in [1.54, 1.807) is 31.2 Å². The smallest absolute Gasteiger partial charge is 0.328 e. The molecule has 0 spiro atoms. The molecule has 122 valence electrons. The number of aromatic amines is 2. The highest BCUT2D eigenvalue weighted by Crippen LogP contribution is 2.26. The van der Waals surface area contributed by atoms with Gasteiger partial charge in [0.1, 0.15) is 5.56 Å². The Morgan fingerprint density at radius 2 is 1.83 bits per heavy atom. The molecule has 0 fully saturated rings. The van der Waals surface area contributed by atoms with Gasteiger partial charge in [0, 0.05) is 4.47 Å². The Morgan fingerprint density at radius 1 is 1.17 bits per heavy atom. The second-order valence-electron chi connectivity index (χ2n) is 5.01. The maximum Gasteiger partial charge on any atom is 0.328 e. The molecule has 1 amide bonds. The first kappa shape index (κ1) is 15.9. The molecule has 8 nitrogen and oxygen atoms in total. The summed E-state index contributed by atoms with van der Waals surface area (Å²) in [6, 6.07) is 6.97. The fraction of sp³-hybridized carbons (Fsp3) is 0.0667. The Hall–Kier alpha value is -2.94. The van der Waals surface area contributed by atoms with Crippen LogP contribution < -0.4 is 16.3 Å². The maximum absolute atomic E-state index is 12.6. The Morgan fingerprint density at radius 3 is 2.46 bits per heavy atom. The fourth-order valence-electron chi connectivity index (χ4n) is 2.20. The summed E-state index contributed by atoms with van der Waals surface area (Å²) in [5.41, 5.74) is -0.764. The number of nitrogens with zero attached hydrogens (tertiary/aromatic N) is 2. The number of nitrogens with one attached hydrogen (secondary N) is 2. The lowest BCUT2D eigenvalue weighted by molar-refractivity contribution is -0.114. The first-order chi connectivity index (χ1) is 11.4. The number of rotatable bonds is 2. The molecule has 1 aromatic heterocycles. The van der Waals surface area contributed by atoms with Crippen molar-refractivity contribution in [2.24, 2.45) is 5.10 Å². The average Bonchev–Trinajstić information content (AvgIpc) is 2.79. The summed E-state index contributed by atoms with van der Waals surface area (Å²) in [4.78, 5) is 39.5. The number of halogens is 1. The van der Waals surface area contributed by atoms with Gasteiger partial charge in [-0.3, -0.25) is 19.6 Å². The van der Waals surface area contributed by atoms with Crippen molar-refractivity contribution in [1.29, 1.82) is 0 Å². The van der Waals surface area contributed by atoms with Gasteiger partial charge in [-0.2, -0.15) is 10.1 Å². The van der Waals surface area contributed by atoms with E-state index in [0.717, 1.165) is 4.47 Å². The number of benzene rings is 1. The zero-order chi connectivity index (χ0) is 17.4. The normalized spacial score (nSPS) is 15.9. The summed E-state index contributed by atoms with van der Waals surface area (Å²) >= 11 is 3.31. The maximum atomic E-state index is 12.6. The monoisotopic (exact) mass is 390 g/mol. The van der Waals surface area contributed by atoms with Crippen LogP contribution in [0.25, 0.3) is 6.08 Å². The SMILES string of the molecule is CC1=NN(c2ccc(Br)cc2)C(=O)/C1=C/c1c(O)[nH]c(=O)[nH]c1=O. The van der Waals surface area contributed by atoms with Crippen LogP contribution in [0.5, 0.6) is 5.88 Å². The van der Waals surface area contributed by atoms with E-state index in [9.17, 15) is 19.5 Å². The van der Waals surface area contributed by atoms with Crippen LogP contribution >= 0.6 is 15.9 Å². The van der Waals surface area contributed by atoms with Crippen LogP contribution in [-0.4, -0.2) is 26.7 Å². The van der Waals surface area contributed by atoms with Crippen molar-refractivity contribution in [2.75, 3.05) is 5.01 Å². The minimum absolute atomic E-state index is 0.144. The quantitative estimate of drug-likeness (QED) is 0.670. The molecule has 2 aromatic rings. The summed E-state index contributed by atoms with van der Waals surface area (Å²) in [5.74, 6) is -1.06. The van der Waals surface area contributed by atoms with E-state index in [2.05, 4.69) is 26.0 Å². The standard InChI is InChI=1S/C15H11BrN4O4/c1-7-10(6-11-12(21)17-15(24)18-13(11)22)14(23)20(19-7)9-4-2-8(16)3-5-9/h2-6H,1H3,(H3,17,18,21,22,24)/b10-6+. The minimum atomic E-state index is -0.834. The van der Waals surface area contributed by atoms with Crippen molar-refractivity contribution < 1.29 is 9.90 Å². The Balaban J connectivity index is 2.04. The third-order valence-electron chi connectivity index (χ3n) is 3.38. The lowest BCUT2D eigenvalue weighted by Gasteiger charge is -2.11. The molecule has 3 N–H and O–H groups in total. The molecule has 9 heteroatoms. The number of anilines is 1. The predicted molar refractivity (Wildman–Crippen MR) is 92.1 cm³/mol. The summed E-state index contributed by atoms with van der Waals surface area (Å²) in [6.45, 7) is 1.61. The van der Waals surface area contributed by atoms with E-state index in [4.69, 9.17) is 0 Å². The third kappa shape index (κ3) is 2.81. The number of hydrazone groups is 1. The third-order valence-corrected chi connectivity index (χ3v) is 3.91. The number of aromatic nitrogens is 2. The predicted octanol–water partition coefficient (Wildman–Crippen LogP) is 1.34. The molecule has 1 aromatic carbocycles. The van der Waals surface area contributed by atoms with Gasteiger partial charge in [-0.15, -0.1) is 0 Å². The van der Waals surface area contributed by atoms with Crippen LogP contribution in [0, 0.1) is 0 Å². The lowest BCUT2D eigenvalue weighted by atomic mass is 10.1. The van der Waals surface area contributed by atoms with Gasteiger partial charge in [0.25, 0.3) is 11.5 Å². The molecule has 0 unspecified atom stereocenters. The van der Waals surface area contributed by atoms with Gasteiger partial charge in [0.2, 0.25) is 5.88 Å². The van der Waals surface area contributed by atoms with Crippen LogP contribution in [-0.2, 0) is 4.79 Å². The zero-order valence-electron chi connectivity index (χ0n) is 12.3. The molecule has 0 saturated carbocycles. The van der Waals surface area contributed by atoms with E-state index in [1.807, 2.05) is 4.98 Å². The number of H-pyrrole nitrogens is 2. The van der Waals surface area contributed by atoms with Crippen molar-refractivity contribution in [2.45, 2.75) is 6.92 Å². The first-order valence-electron chi connectivity index (χ1n) is 6.79. The van der Waals surface area contributed by atoms with Gasteiger partial charge in [-0.05, 0) is 37.3 Å². The highest BCUT2D eigenvalue weighted by Gasteiger charge is 2.29. The lowest BCUT2D eigenvalue weighted by Crippen LogP contribution is -2.25. The topological polar surface area (TPSA) is 119 Å². The zero-order valence-corrected chi connectivity index (χ0v) is 13.9. The summed E-state index contributed by atoms with van der Waals surface area (Å²) in [5, 5.41) is 15.1. The minimum Gasteiger partial charge on any atom is -0.494 e. The van der Waals surface area contributed by atoms with Gasteiger partial charge in [0.15, 0.2) is 0 Å². The molecule has 0 aliphatic carbocycles. The number of carbonyl (C=O) groups excluding carboxylic acids is 1. The van der Waals surface area contributed by atoms with Crippen LogP contribution in [0.1, 0.15) is 12.5 Å². The molecule has 1 aliphatic heterocycles. The average molecular weight is 391 g/mol. The molecule has 0 bridgehead atoms. The van der Waals surface area contributed by atoms with Gasteiger partial charge in [-0.25, -0.2) is 4.79 Å². The summed E-state index contributed by atoms with van der Waals surface area (Å²) < 4.78 is 0.860. The molecule has 2 heterocycles.